The molecule has 2 aromatic carbocycles. The van der Waals surface area contributed by atoms with Crippen molar-refractivity contribution in [2.75, 3.05) is 5.32 Å². The van der Waals surface area contributed by atoms with E-state index in [1.807, 2.05) is 0 Å². The van der Waals surface area contributed by atoms with Crippen LogP contribution in [0.15, 0.2) is 59.0 Å². The second kappa shape index (κ2) is 7.69. The fourth-order valence-corrected chi connectivity index (χ4v) is 2.32. The van der Waals surface area contributed by atoms with Crippen molar-refractivity contribution in [3.63, 3.8) is 0 Å². The zero-order chi connectivity index (χ0) is 19.4. The number of aryl methyl sites for hydroxylation is 1. The largest absolute Gasteiger partial charge is 0.479 e. The molecule has 1 N–H and O–H groups in total. The number of anilines is 1. The molecule has 0 aliphatic rings. The number of hydrogen-bond donors (Lipinski definition) is 1. The Hall–Kier alpha value is -3.68. The summed E-state index contributed by atoms with van der Waals surface area (Å²) in [5.41, 5.74) is 0.612. The summed E-state index contributed by atoms with van der Waals surface area (Å²) in [7, 11) is 0. The van der Waals surface area contributed by atoms with E-state index in [1.165, 1.54) is 36.4 Å². The molecule has 0 aliphatic carbocycles. The van der Waals surface area contributed by atoms with E-state index in [1.54, 1.807) is 25.1 Å². The highest BCUT2D eigenvalue weighted by molar-refractivity contribution is 6.02. The molecule has 3 aromatic rings. The number of carbonyl (C=O) groups is 1. The number of carbonyl (C=O) groups excluding carboxylic acids is 1. The van der Waals surface area contributed by atoms with Crippen LogP contribution >= 0.6 is 0 Å². The monoisotopic (exact) mass is 370 g/mol. The highest BCUT2D eigenvalue weighted by Crippen LogP contribution is 2.27. The van der Waals surface area contributed by atoms with E-state index in [4.69, 9.17) is 9.15 Å². The highest BCUT2D eigenvalue weighted by Gasteiger charge is 2.16. The summed E-state index contributed by atoms with van der Waals surface area (Å²) < 4.78 is 24.3. The molecule has 7 nitrogen and oxygen atoms in total. The van der Waals surface area contributed by atoms with Crippen LogP contribution in [0.4, 0.5) is 15.8 Å². The van der Waals surface area contributed by atoms with Crippen molar-refractivity contribution in [1.29, 1.82) is 0 Å². The molecule has 0 unspecified atom stereocenters. The van der Waals surface area contributed by atoms with Crippen LogP contribution < -0.4 is 10.1 Å². The molecule has 1 aromatic heterocycles. The Labute approximate surface area is 153 Å². The Morgan fingerprint density at radius 2 is 2.00 bits per heavy atom. The van der Waals surface area contributed by atoms with Crippen molar-refractivity contribution in [1.82, 2.24) is 0 Å². The first-order valence-electron chi connectivity index (χ1n) is 7.96. The van der Waals surface area contributed by atoms with Crippen LogP contribution in [-0.4, -0.2) is 10.8 Å². The van der Waals surface area contributed by atoms with E-state index in [9.17, 15) is 19.3 Å². The average Bonchev–Trinajstić information content (AvgIpc) is 3.12. The van der Waals surface area contributed by atoms with Crippen LogP contribution in [0.3, 0.4) is 0 Å². The van der Waals surface area contributed by atoms with Gasteiger partial charge in [-0.1, -0.05) is 18.2 Å². The molecule has 0 spiro atoms. The van der Waals surface area contributed by atoms with Crippen LogP contribution in [0, 0.1) is 22.9 Å². The van der Waals surface area contributed by atoms with Crippen LogP contribution in [0.1, 0.15) is 21.9 Å². The Morgan fingerprint density at radius 1 is 1.22 bits per heavy atom. The maximum atomic E-state index is 13.5. The van der Waals surface area contributed by atoms with Crippen molar-refractivity contribution in [3.8, 4) is 5.75 Å². The van der Waals surface area contributed by atoms with Gasteiger partial charge in [0.05, 0.1) is 4.92 Å². The number of amides is 1. The van der Waals surface area contributed by atoms with Gasteiger partial charge in [-0.3, -0.25) is 14.9 Å². The molecule has 27 heavy (non-hydrogen) atoms. The topological polar surface area (TPSA) is 94.6 Å². The number of furan rings is 1. The lowest BCUT2D eigenvalue weighted by molar-refractivity contribution is -0.386. The van der Waals surface area contributed by atoms with Gasteiger partial charge in [0.25, 0.3) is 5.91 Å². The lowest BCUT2D eigenvalue weighted by Crippen LogP contribution is -2.11. The van der Waals surface area contributed by atoms with Gasteiger partial charge in [0.1, 0.15) is 18.2 Å². The smallest absolute Gasteiger partial charge is 0.310 e. The second-order valence-corrected chi connectivity index (χ2v) is 5.70. The molecule has 1 heterocycles. The number of nitro benzene ring substituents is 1. The summed E-state index contributed by atoms with van der Waals surface area (Å²) in [6.45, 7) is 1.54. The first-order valence-corrected chi connectivity index (χ1v) is 7.96. The van der Waals surface area contributed by atoms with Gasteiger partial charge < -0.3 is 14.5 Å². The number of ether oxygens (including phenoxy) is 1. The van der Waals surface area contributed by atoms with Gasteiger partial charge in [-0.15, -0.1) is 0 Å². The zero-order valence-corrected chi connectivity index (χ0v) is 14.3. The van der Waals surface area contributed by atoms with E-state index >= 15 is 0 Å². The number of para-hydroxylation sites is 2. The van der Waals surface area contributed by atoms with Crippen LogP contribution in [0.2, 0.25) is 0 Å². The van der Waals surface area contributed by atoms with Gasteiger partial charge in [0.2, 0.25) is 0 Å². The maximum Gasteiger partial charge on any atom is 0.310 e. The second-order valence-electron chi connectivity index (χ2n) is 5.70. The van der Waals surface area contributed by atoms with Crippen molar-refractivity contribution in [2.24, 2.45) is 0 Å². The fraction of sp³-hybridized carbons (Fsp3) is 0.105. The predicted octanol–water partition coefficient (Wildman–Crippen LogP) is 4.47. The predicted molar refractivity (Wildman–Crippen MR) is 95.2 cm³/mol. The van der Waals surface area contributed by atoms with Gasteiger partial charge in [-0.05, 0) is 42.8 Å². The first-order chi connectivity index (χ1) is 12.9. The molecule has 8 heteroatoms. The molecule has 0 aliphatic heterocycles. The summed E-state index contributed by atoms with van der Waals surface area (Å²) in [5, 5.41) is 13.5. The first kappa shape index (κ1) is 18.1. The third kappa shape index (κ3) is 4.30. The number of nitrogens with zero attached hydrogens (tertiary/aromatic N) is 1. The summed E-state index contributed by atoms with van der Waals surface area (Å²) in [5.74, 6) is -0.549. The Bertz CT molecular complexity index is 999. The van der Waals surface area contributed by atoms with Gasteiger partial charge >= 0.3 is 5.69 Å². The average molecular weight is 370 g/mol. The molecular weight excluding hydrogens is 355 g/mol. The minimum Gasteiger partial charge on any atom is -0.479 e. The highest BCUT2D eigenvalue weighted by atomic mass is 19.1. The number of benzene rings is 2. The number of nitro groups is 1. The van der Waals surface area contributed by atoms with Crippen molar-refractivity contribution >= 4 is 17.3 Å². The number of hydrogen-bond acceptors (Lipinski definition) is 5. The van der Waals surface area contributed by atoms with Crippen LogP contribution in [0.25, 0.3) is 0 Å². The number of halogens is 1. The summed E-state index contributed by atoms with van der Waals surface area (Å²) >= 11 is 0. The fourth-order valence-electron chi connectivity index (χ4n) is 2.32. The van der Waals surface area contributed by atoms with Crippen molar-refractivity contribution < 1.29 is 23.3 Å². The summed E-state index contributed by atoms with van der Waals surface area (Å²) in [6.07, 6.45) is 0. The summed E-state index contributed by atoms with van der Waals surface area (Å²) in [4.78, 5) is 22.6. The minimum absolute atomic E-state index is 0.0112. The third-order valence-corrected chi connectivity index (χ3v) is 3.75. The van der Waals surface area contributed by atoms with Crippen molar-refractivity contribution in [2.45, 2.75) is 13.5 Å². The minimum atomic E-state index is -0.546. The molecule has 138 valence electrons. The van der Waals surface area contributed by atoms with E-state index in [2.05, 4.69) is 5.32 Å². The van der Waals surface area contributed by atoms with Gasteiger partial charge in [-0.25, -0.2) is 4.39 Å². The lowest BCUT2D eigenvalue weighted by Gasteiger charge is -2.05. The molecule has 0 saturated heterocycles. The Kier molecular flexibility index (Phi) is 5.16. The molecule has 3 rings (SSSR count). The van der Waals surface area contributed by atoms with Crippen molar-refractivity contribution in [3.05, 3.63) is 87.6 Å². The quantitative estimate of drug-likeness (QED) is 0.510. The molecule has 1 amide bonds. The van der Waals surface area contributed by atoms with Gasteiger partial charge in [0.15, 0.2) is 11.5 Å². The molecule has 0 atom stereocenters. The number of rotatable bonds is 6. The SMILES string of the molecule is Cc1ccc(NC(=O)c2ccc(COc3ccccc3[N+](=O)[O-])o2)cc1F. The molecule has 0 fully saturated rings. The van der Waals surface area contributed by atoms with Crippen LogP contribution in [-0.2, 0) is 6.61 Å². The van der Waals surface area contributed by atoms with E-state index in [0.29, 0.717) is 17.0 Å². The molecular formula is C19H15FN2O5. The van der Waals surface area contributed by atoms with Gasteiger partial charge in [-0.2, -0.15) is 0 Å². The van der Waals surface area contributed by atoms with Crippen LogP contribution in [0.5, 0.6) is 5.75 Å². The Balaban J connectivity index is 1.65. The summed E-state index contributed by atoms with van der Waals surface area (Å²) in [6, 6.07) is 13.3. The maximum absolute atomic E-state index is 13.5. The third-order valence-electron chi connectivity index (χ3n) is 3.75. The number of nitrogens with one attached hydrogen (secondary N) is 1. The standard InChI is InChI=1S/C19H15FN2O5/c1-12-6-7-13(10-15(12)20)21-19(23)18-9-8-14(27-18)11-26-17-5-3-2-4-16(17)22(24)25/h2-10H,11H2,1H3,(H,21,23). The van der Waals surface area contributed by atoms with E-state index in [-0.39, 0.29) is 23.8 Å². The normalized spacial score (nSPS) is 10.4. The zero-order valence-electron chi connectivity index (χ0n) is 14.3. The van der Waals surface area contributed by atoms with E-state index in [0.717, 1.165) is 0 Å². The Morgan fingerprint density at radius 3 is 2.74 bits per heavy atom. The van der Waals surface area contributed by atoms with E-state index < -0.39 is 16.6 Å². The molecule has 0 bridgehead atoms. The lowest BCUT2D eigenvalue weighted by atomic mass is 10.2. The molecule has 0 saturated carbocycles. The molecule has 0 radical (unpaired) electrons. The van der Waals surface area contributed by atoms with Gasteiger partial charge in [0, 0.05) is 11.8 Å².